The number of primary sulfonamides is 1. The summed E-state index contributed by atoms with van der Waals surface area (Å²) in [6.45, 7) is 0.262. The Kier molecular flexibility index (Phi) is 5.99. The number of carbonyl (C=O) groups is 1. The molecule has 0 atom stereocenters. The number of nitrogens with one attached hydrogen (secondary N) is 1. The van der Waals surface area contributed by atoms with Crippen molar-refractivity contribution in [2.45, 2.75) is 30.0 Å². The van der Waals surface area contributed by atoms with Crippen LogP contribution in [-0.4, -0.2) is 24.5 Å². The summed E-state index contributed by atoms with van der Waals surface area (Å²) in [4.78, 5) is 12.6. The Labute approximate surface area is 160 Å². The second kappa shape index (κ2) is 8.42. The van der Waals surface area contributed by atoms with Crippen molar-refractivity contribution in [3.63, 3.8) is 0 Å². The van der Waals surface area contributed by atoms with Crippen molar-refractivity contribution in [1.29, 1.82) is 0 Å². The Morgan fingerprint density at radius 1 is 1.15 bits per heavy atom. The number of nitrogens with two attached hydrogens (primary N) is 1. The zero-order valence-corrected chi connectivity index (χ0v) is 15.9. The minimum absolute atomic E-state index is 0.0809. The van der Waals surface area contributed by atoms with E-state index in [0.29, 0.717) is 31.0 Å². The first-order valence-electron chi connectivity index (χ1n) is 8.18. The zero-order chi connectivity index (χ0) is 19.3. The van der Waals surface area contributed by atoms with Gasteiger partial charge in [0.1, 0.15) is 4.21 Å². The molecule has 142 valence electrons. The predicted molar refractivity (Wildman–Crippen MR) is 100 cm³/mol. The summed E-state index contributed by atoms with van der Waals surface area (Å²) in [5, 5.41) is 15.8. The van der Waals surface area contributed by atoms with Gasteiger partial charge in [0.15, 0.2) is 0 Å². The molecule has 0 saturated carbocycles. The number of hydrogen-bond donors (Lipinski definition) is 2. The number of nitrogens with zero attached hydrogens (tertiary/aromatic N) is 2. The van der Waals surface area contributed by atoms with Crippen molar-refractivity contribution < 1.29 is 17.6 Å². The summed E-state index contributed by atoms with van der Waals surface area (Å²) < 4.78 is 28.1. The second-order valence-corrected chi connectivity index (χ2v) is 8.72. The van der Waals surface area contributed by atoms with Gasteiger partial charge in [-0.05, 0) is 30.7 Å². The lowest BCUT2D eigenvalue weighted by Gasteiger charge is -2.02. The largest absolute Gasteiger partial charge is 0.421 e. The molecular formula is C17H18N4O4S2. The number of rotatable bonds is 8. The fourth-order valence-corrected chi connectivity index (χ4v) is 4.05. The Balaban J connectivity index is 1.42. The molecule has 0 unspecified atom stereocenters. The first-order chi connectivity index (χ1) is 12.9. The minimum Gasteiger partial charge on any atom is -0.421 e. The van der Waals surface area contributed by atoms with E-state index in [9.17, 15) is 13.2 Å². The van der Waals surface area contributed by atoms with Gasteiger partial charge in [-0.1, -0.05) is 18.2 Å². The lowest BCUT2D eigenvalue weighted by Crippen LogP contribution is -2.22. The summed E-state index contributed by atoms with van der Waals surface area (Å²) in [6.07, 6.45) is 1.37. The number of carbonyl (C=O) groups excluding carboxylic acids is 1. The molecule has 10 heteroatoms. The standard InChI is InChI=1S/C17H18N4O4S2/c18-27(23,24)16-10-9-13(26-16)11-19-14(22)7-4-8-15-20-21-17(25-15)12-5-2-1-3-6-12/h1-3,5-6,9-10H,4,7-8,11H2,(H,19,22)(H2,18,23,24). The Hall–Kier alpha value is -2.56. The lowest BCUT2D eigenvalue weighted by atomic mass is 10.2. The zero-order valence-electron chi connectivity index (χ0n) is 14.3. The third-order valence-electron chi connectivity index (χ3n) is 3.66. The van der Waals surface area contributed by atoms with E-state index < -0.39 is 10.0 Å². The van der Waals surface area contributed by atoms with Gasteiger partial charge >= 0.3 is 0 Å². The predicted octanol–water partition coefficient (Wildman–Crippen LogP) is 2.08. The number of amides is 1. The van der Waals surface area contributed by atoms with Crippen molar-refractivity contribution >= 4 is 27.3 Å². The van der Waals surface area contributed by atoms with Gasteiger partial charge in [-0.15, -0.1) is 21.5 Å². The molecule has 0 radical (unpaired) electrons. The van der Waals surface area contributed by atoms with Crippen LogP contribution in [0.5, 0.6) is 0 Å². The third-order valence-corrected chi connectivity index (χ3v) is 6.18. The molecule has 1 aromatic carbocycles. The average molecular weight is 406 g/mol. The summed E-state index contributed by atoms with van der Waals surface area (Å²) >= 11 is 1.04. The van der Waals surface area contributed by atoms with E-state index >= 15 is 0 Å². The highest BCUT2D eigenvalue weighted by molar-refractivity contribution is 7.91. The molecule has 2 heterocycles. The highest BCUT2D eigenvalue weighted by atomic mass is 32.2. The van der Waals surface area contributed by atoms with Crippen LogP contribution in [0.2, 0.25) is 0 Å². The molecule has 3 rings (SSSR count). The quantitative estimate of drug-likeness (QED) is 0.589. The number of aryl methyl sites for hydroxylation is 1. The Bertz CT molecular complexity index is 1010. The van der Waals surface area contributed by atoms with Gasteiger partial charge in [0.2, 0.25) is 27.7 Å². The molecule has 3 N–H and O–H groups in total. The molecule has 0 saturated heterocycles. The summed E-state index contributed by atoms with van der Waals surface area (Å²) in [5.74, 6) is 0.805. The maximum Gasteiger partial charge on any atom is 0.247 e. The van der Waals surface area contributed by atoms with Crippen LogP contribution in [0.1, 0.15) is 23.6 Å². The fraction of sp³-hybridized carbons (Fsp3) is 0.235. The fourth-order valence-electron chi connectivity index (χ4n) is 2.33. The first kappa shape index (κ1) is 19.2. The number of thiophene rings is 1. The molecule has 8 nitrogen and oxygen atoms in total. The van der Waals surface area contributed by atoms with E-state index in [4.69, 9.17) is 9.56 Å². The smallest absolute Gasteiger partial charge is 0.247 e. The second-order valence-electron chi connectivity index (χ2n) is 5.76. The topological polar surface area (TPSA) is 128 Å². The van der Waals surface area contributed by atoms with Gasteiger partial charge in [0, 0.05) is 23.3 Å². The van der Waals surface area contributed by atoms with E-state index in [2.05, 4.69) is 15.5 Å². The molecular weight excluding hydrogens is 388 g/mol. The molecule has 2 aromatic heterocycles. The molecule has 0 aliphatic heterocycles. The molecule has 0 aliphatic carbocycles. The maximum atomic E-state index is 11.9. The minimum atomic E-state index is -3.70. The van der Waals surface area contributed by atoms with Crippen LogP contribution in [0.25, 0.3) is 11.5 Å². The molecule has 3 aromatic rings. The highest BCUT2D eigenvalue weighted by Gasteiger charge is 2.12. The Morgan fingerprint density at radius 2 is 1.93 bits per heavy atom. The van der Waals surface area contributed by atoms with Gasteiger partial charge in [-0.2, -0.15) is 0 Å². The van der Waals surface area contributed by atoms with Crippen molar-refractivity contribution in [2.75, 3.05) is 0 Å². The third kappa shape index (κ3) is 5.46. The van der Waals surface area contributed by atoms with E-state index in [0.717, 1.165) is 21.8 Å². The Morgan fingerprint density at radius 3 is 2.63 bits per heavy atom. The monoisotopic (exact) mass is 406 g/mol. The van der Waals surface area contributed by atoms with E-state index in [1.807, 2.05) is 30.3 Å². The summed E-state index contributed by atoms with van der Waals surface area (Å²) in [6, 6.07) is 12.5. The maximum absolute atomic E-state index is 11.9. The van der Waals surface area contributed by atoms with Gasteiger partial charge in [0.05, 0.1) is 6.54 Å². The van der Waals surface area contributed by atoms with Gasteiger partial charge in [0.25, 0.3) is 0 Å². The van der Waals surface area contributed by atoms with Crippen molar-refractivity contribution in [2.24, 2.45) is 5.14 Å². The van der Waals surface area contributed by atoms with Crippen LogP contribution in [0.15, 0.2) is 51.1 Å². The number of aromatic nitrogens is 2. The van der Waals surface area contributed by atoms with Crippen molar-refractivity contribution in [3.8, 4) is 11.5 Å². The van der Waals surface area contributed by atoms with Crippen LogP contribution < -0.4 is 10.5 Å². The van der Waals surface area contributed by atoms with E-state index in [-0.39, 0.29) is 16.7 Å². The summed E-state index contributed by atoms with van der Waals surface area (Å²) in [7, 11) is -3.70. The molecule has 1 amide bonds. The lowest BCUT2D eigenvalue weighted by molar-refractivity contribution is -0.121. The molecule has 0 fully saturated rings. The molecule has 0 spiro atoms. The average Bonchev–Trinajstić information content (AvgIpc) is 3.30. The van der Waals surface area contributed by atoms with Crippen molar-refractivity contribution in [1.82, 2.24) is 15.5 Å². The number of hydrogen-bond acceptors (Lipinski definition) is 7. The highest BCUT2D eigenvalue weighted by Crippen LogP contribution is 2.20. The van der Waals surface area contributed by atoms with Crippen LogP contribution >= 0.6 is 11.3 Å². The van der Waals surface area contributed by atoms with Gasteiger partial charge in [-0.3, -0.25) is 4.79 Å². The summed E-state index contributed by atoms with van der Waals surface area (Å²) in [5.41, 5.74) is 0.851. The van der Waals surface area contributed by atoms with E-state index in [1.165, 1.54) is 6.07 Å². The number of benzene rings is 1. The number of sulfonamides is 1. The van der Waals surface area contributed by atoms with Crippen LogP contribution in [0.4, 0.5) is 0 Å². The van der Waals surface area contributed by atoms with Gasteiger partial charge in [-0.25, -0.2) is 13.6 Å². The van der Waals surface area contributed by atoms with Gasteiger partial charge < -0.3 is 9.73 Å². The SMILES string of the molecule is NS(=O)(=O)c1ccc(CNC(=O)CCCc2nnc(-c3ccccc3)o2)s1. The molecule has 0 aliphatic rings. The van der Waals surface area contributed by atoms with Crippen LogP contribution in [0.3, 0.4) is 0 Å². The molecule has 0 bridgehead atoms. The normalized spacial score (nSPS) is 11.4. The molecule has 27 heavy (non-hydrogen) atoms. The van der Waals surface area contributed by atoms with Crippen LogP contribution in [0, 0.1) is 0 Å². The first-order valence-corrected chi connectivity index (χ1v) is 10.5. The van der Waals surface area contributed by atoms with Crippen LogP contribution in [-0.2, 0) is 27.8 Å². The van der Waals surface area contributed by atoms with E-state index in [1.54, 1.807) is 6.07 Å². The van der Waals surface area contributed by atoms with Crippen molar-refractivity contribution in [3.05, 3.63) is 53.2 Å².